The molecule has 3 N–H and O–H groups in total. The Hall–Kier alpha value is -2.97. The lowest BCUT2D eigenvalue weighted by Gasteiger charge is -2.26. The molecule has 0 aromatic heterocycles. The molecule has 8 heteroatoms. The average Bonchev–Trinajstić information content (AvgIpc) is 2.65. The molecule has 0 saturated carbocycles. The molecular formula is C19H24N4O4. The van der Waals surface area contributed by atoms with Crippen molar-refractivity contribution in [1.82, 2.24) is 10.2 Å². The van der Waals surface area contributed by atoms with E-state index in [1.165, 1.54) is 18.2 Å². The molecule has 0 radical (unpaired) electrons. The fraction of sp³-hybridized carbons (Fsp3) is 0.316. The van der Waals surface area contributed by atoms with Crippen LogP contribution in [0.1, 0.15) is 11.7 Å². The molecule has 0 saturated heterocycles. The first kappa shape index (κ1) is 20.3. The normalized spacial score (nSPS) is 13.0. The highest BCUT2D eigenvalue weighted by Crippen LogP contribution is 2.22. The first-order valence-electron chi connectivity index (χ1n) is 8.54. The number of carbonyl (C=O) groups is 1. The number of non-ortho nitro benzene ring substituents is 1. The van der Waals surface area contributed by atoms with E-state index in [0.29, 0.717) is 12.2 Å². The van der Waals surface area contributed by atoms with Crippen molar-refractivity contribution in [3.8, 4) is 0 Å². The van der Waals surface area contributed by atoms with Crippen LogP contribution in [0.4, 0.5) is 16.2 Å². The van der Waals surface area contributed by atoms with E-state index in [4.69, 9.17) is 0 Å². The predicted octanol–water partition coefficient (Wildman–Crippen LogP) is 2.63. The lowest BCUT2D eigenvalue weighted by molar-refractivity contribution is -0.384. The van der Waals surface area contributed by atoms with Crippen molar-refractivity contribution in [3.63, 3.8) is 0 Å². The zero-order valence-electron chi connectivity index (χ0n) is 15.3. The Kier molecular flexibility index (Phi) is 7.27. The highest BCUT2D eigenvalue weighted by molar-refractivity contribution is 5.89. The third-order valence-electron chi connectivity index (χ3n) is 4.03. The van der Waals surface area contributed by atoms with Crippen LogP contribution in [0.15, 0.2) is 54.6 Å². The summed E-state index contributed by atoms with van der Waals surface area (Å²) in [6.45, 7) is 0.822. The highest BCUT2D eigenvalue weighted by atomic mass is 16.6. The second-order valence-electron chi connectivity index (χ2n) is 6.52. The number of anilines is 1. The number of hydrogen-bond donors (Lipinski definition) is 3. The Balaban J connectivity index is 1.98. The van der Waals surface area contributed by atoms with Crippen molar-refractivity contribution < 1.29 is 14.8 Å². The van der Waals surface area contributed by atoms with Crippen molar-refractivity contribution >= 4 is 17.4 Å². The highest BCUT2D eigenvalue weighted by Gasteiger charge is 2.22. The SMILES string of the molecule is CN(C)CC(CNC(=O)Nc1cccc([N+](=O)[O-])c1)C(O)c1ccccc1. The summed E-state index contributed by atoms with van der Waals surface area (Å²) in [5.41, 5.74) is 1.01. The molecule has 27 heavy (non-hydrogen) atoms. The smallest absolute Gasteiger partial charge is 0.319 e. The van der Waals surface area contributed by atoms with Gasteiger partial charge < -0.3 is 20.6 Å². The van der Waals surface area contributed by atoms with Gasteiger partial charge in [-0.1, -0.05) is 36.4 Å². The Bertz CT molecular complexity index is 767. The zero-order valence-corrected chi connectivity index (χ0v) is 15.3. The van der Waals surface area contributed by atoms with Crippen LogP contribution in [0.2, 0.25) is 0 Å². The molecule has 0 bridgehead atoms. The van der Waals surface area contributed by atoms with Gasteiger partial charge in [0.2, 0.25) is 0 Å². The van der Waals surface area contributed by atoms with Crippen LogP contribution >= 0.6 is 0 Å². The molecule has 2 atom stereocenters. The number of aliphatic hydroxyl groups is 1. The van der Waals surface area contributed by atoms with Gasteiger partial charge in [-0.25, -0.2) is 4.79 Å². The molecule has 2 amide bonds. The van der Waals surface area contributed by atoms with Crippen LogP contribution in [-0.4, -0.2) is 48.1 Å². The molecule has 0 heterocycles. The zero-order chi connectivity index (χ0) is 19.8. The molecular weight excluding hydrogens is 348 g/mol. The maximum Gasteiger partial charge on any atom is 0.319 e. The van der Waals surface area contributed by atoms with Gasteiger partial charge >= 0.3 is 6.03 Å². The molecule has 2 rings (SSSR count). The third-order valence-corrected chi connectivity index (χ3v) is 4.03. The number of hydrogen-bond acceptors (Lipinski definition) is 5. The number of nitro groups is 1. The number of urea groups is 1. The number of amides is 2. The largest absolute Gasteiger partial charge is 0.388 e. The number of benzene rings is 2. The van der Waals surface area contributed by atoms with Gasteiger partial charge in [0.1, 0.15) is 0 Å². The molecule has 0 fully saturated rings. The van der Waals surface area contributed by atoms with Gasteiger partial charge in [0.15, 0.2) is 0 Å². The lowest BCUT2D eigenvalue weighted by Crippen LogP contribution is -2.39. The Morgan fingerprint density at radius 1 is 1.19 bits per heavy atom. The van der Waals surface area contributed by atoms with E-state index in [2.05, 4.69) is 10.6 Å². The molecule has 0 aliphatic carbocycles. The predicted molar refractivity (Wildman–Crippen MR) is 104 cm³/mol. The molecule has 0 aliphatic rings. The number of carbonyl (C=O) groups excluding carboxylic acids is 1. The molecule has 2 aromatic carbocycles. The first-order valence-corrected chi connectivity index (χ1v) is 8.54. The summed E-state index contributed by atoms with van der Waals surface area (Å²) in [6.07, 6.45) is -0.730. The van der Waals surface area contributed by atoms with Crippen LogP contribution in [0.3, 0.4) is 0 Å². The van der Waals surface area contributed by atoms with Gasteiger partial charge in [-0.15, -0.1) is 0 Å². The number of aliphatic hydroxyl groups excluding tert-OH is 1. The van der Waals surface area contributed by atoms with Crippen molar-refractivity contribution in [2.24, 2.45) is 5.92 Å². The lowest BCUT2D eigenvalue weighted by atomic mass is 9.95. The van der Waals surface area contributed by atoms with Crippen LogP contribution in [0.25, 0.3) is 0 Å². The summed E-state index contributed by atoms with van der Waals surface area (Å²) in [5.74, 6) is -0.224. The van der Waals surface area contributed by atoms with Crippen LogP contribution in [0, 0.1) is 16.0 Å². The fourth-order valence-electron chi connectivity index (χ4n) is 2.76. The van der Waals surface area contributed by atoms with Gasteiger partial charge in [-0.05, 0) is 25.7 Å². The summed E-state index contributed by atoms with van der Waals surface area (Å²) in [6, 6.07) is 14.5. The summed E-state index contributed by atoms with van der Waals surface area (Å²) >= 11 is 0. The summed E-state index contributed by atoms with van der Waals surface area (Å²) < 4.78 is 0. The minimum Gasteiger partial charge on any atom is -0.388 e. The Morgan fingerprint density at radius 3 is 2.52 bits per heavy atom. The Morgan fingerprint density at radius 2 is 1.89 bits per heavy atom. The monoisotopic (exact) mass is 372 g/mol. The van der Waals surface area contributed by atoms with Gasteiger partial charge in [0, 0.05) is 36.8 Å². The molecule has 2 aromatic rings. The van der Waals surface area contributed by atoms with E-state index in [1.807, 2.05) is 49.3 Å². The van der Waals surface area contributed by atoms with E-state index in [-0.39, 0.29) is 18.2 Å². The Labute approximate surface area is 158 Å². The fourth-order valence-corrected chi connectivity index (χ4v) is 2.76. The minimum absolute atomic E-state index is 0.0993. The van der Waals surface area contributed by atoms with E-state index in [1.54, 1.807) is 6.07 Å². The number of rotatable bonds is 8. The van der Waals surface area contributed by atoms with E-state index < -0.39 is 17.1 Å². The van der Waals surface area contributed by atoms with Gasteiger partial charge in [-0.2, -0.15) is 0 Å². The van der Waals surface area contributed by atoms with Crippen molar-refractivity contribution in [2.75, 3.05) is 32.5 Å². The van der Waals surface area contributed by atoms with Crippen molar-refractivity contribution in [1.29, 1.82) is 0 Å². The second kappa shape index (κ2) is 9.65. The molecule has 144 valence electrons. The van der Waals surface area contributed by atoms with Crippen LogP contribution in [-0.2, 0) is 0 Å². The van der Waals surface area contributed by atoms with Crippen molar-refractivity contribution in [3.05, 3.63) is 70.3 Å². The maximum atomic E-state index is 12.2. The van der Waals surface area contributed by atoms with Crippen molar-refractivity contribution in [2.45, 2.75) is 6.10 Å². The molecule has 0 spiro atoms. The number of nitrogens with zero attached hydrogens (tertiary/aromatic N) is 2. The summed E-state index contributed by atoms with van der Waals surface area (Å²) in [7, 11) is 3.79. The van der Waals surface area contributed by atoms with E-state index in [9.17, 15) is 20.0 Å². The third kappa shape index (κ3) is 6.36. The standard InChI is InChI=1S/C19H24N4O4/c1-22(2)13-15(18(24)14-7-4-3-5-8-14)12-20-19(25)21-16-9-6-10-17(11-16)23(26)27/h3-11,15,18,24H,12-13H2,1-2H3,(H2,20,21,25). The summed E-state index contributed by atoms with van der Waals surface area (Å²) in [4.78, 5) is 24.4. The average molecular weight is 372 g/mol. The van der Waals surface area contributed by atoms with Gasteiger partial charge in [0.25, 0.3) is 5.69 Å². The van der Waals surface area contributed by atoms with Gasteiger partial charge in [-0.3, -0.25) is 10.1 Å². The molecule has 8 nitrogen and oxygen atoms in total. The second-order valence-corrected chi connectivity index (χ2v) is 6.52. The minimum atomic E-state index is -0.730. The quantitative estimate of drug-likeness (QED) is 0.488. The first-order chi connectivity index (χ1) is 12.9. The molecule has 0 aliphatic heterocycles. The number of nitrogens with one attached hydrogen (secondary N) is 2. The van der Waals surface area contributed by atoms with E-state index in [0.717, 1.165) is 5.56 Å². The topological polar surface area (TPSA) is 108 Å². The van der Waals surface area contributed by atoms with Crippen LogP contribution in [0.5, 0.6) is 0 Å². The summed E-state index contributed by atoms with van der Waals surface area (Å²) in [5, 5.41) is 26.8. The number of nitro benzene ring substituents is 1. The van der Waals surface area contributed by atoms with E-state index >= 15 is 0 Å². The maximum absolute atomic E-state index is 12.2. The molecule has 2 unspecified atom stereocenters. The van der Waals surface area contributed by atoms with Gasteiger partial charge in [0.05, 0.1) is 11.0 Å². The van der Waals surface area contributed by atoms with Crippen LogP contribution < -0.4 is 10.6 Å².